The van der Waals surface area contributed by atoms with Gasteiger partial charge in [0.2, 0.25) is 0 Å². The average Bonchev–Trinajstić information content (AvgIpc) is 2.04. The normalized spacial score (nSPS) is 31.6. The van der Waals surface area contributed by atoms with Crippen molar-refractivity contribution in [2.75, 3.05) is 0 Å². The maximum atomic E-state index is 10.8. The molecule has 0 radical (unpaired) electrons. The second-order valence-corrected chi connectivity index (χ2v) is 3.63. The first kappa shape index (κ1) is 8.53. The number of cyclic esters (lactones) is 1. The lowest BCUT2D eigenvalue weighted by Gasteiger charge is -2.26. The van der Waals surface area contributed by atoms with Gasteiger partial charge in [0.25, 0.3) is 0 Å². The zero-order valence-corrected chi connectivity index (χ0v) is 7.13. The second-order valence-electron chi connectivity index (χ2n) is 3.63. The molecule has 1 fully saturated rings. The topological polar surface area (TPSA) is 46.5 Å². The molecule has 0 saturated carbocycles. The molecule has 1 heterocycles. The molecule has 2 atom stereocenters. The van der Waals surface area contributed by atoms with E-state index in [9.17, 15) is 9.90 Å². The van der Waals surface area contributed by atoms with Crippen LogP contribution in [0.5, 0.6) is 0 Å². The molecule has 1 aliphatic heterocycles. The summed E-state index contributed by atoms with van der Waals surface area (Å²) in [5.74, 6) is -0.268. The average molecular weight is 158 g/mol. The summed E-state index contributed by atoms with van der Waals surface area (Å²) in [4.78, 5) is 10.8. The number of hydrogen-bond acceptors (Lipinski definition) is 3. The summed E-state index contributed by atoms with van der Waals surface area (Å²) in [7, 11) is 0. The molecule has 0 aromatic heterocycles. The van der Waals surface area contributed by atoms with Crippen LogP contribution in [-0.4, -0.2) is 22.8 Å². The van der Waals surface area contributed by atoms with Crippen LogP contribution in [0.15, 0.2) is 0 Å². The van der Waals surface area contributed by atoms with Crippen molar-refractivity contribution >= 4 is 5.97 Å². The lowest BCUT2D eigenvalue weighted by atomic mass is 9.87. The number of carbonyl (C=O) groups excluding carboxylic acids is 1. The number of ether oxygens (including phenoxy) is 1. The lowest BCUT2D eigenvalue weighted by Crippen LogP contribution is -2.34. The Balaban J connectivity index is 2.74. The van der Waals surface area contributed by atoms with Gasteiger partial charge in [-0.3, -0.25) is 4.79 Å². The van der Waals surface area contributed by atoms with Gasteiger partial charge in [-0.05, 0) is 20.8 Å². The van der Waals surface area contributed by atoms with Crippen LogP contribution in [0, 0.1) is 5.92 Å². The monoisotopic (exact) mass is 158 g/mol. The summed E-state index contributed by atoms with van der Waals surface area (Å²) in [6.07, 6.45) is -0.138. The summed E-state index contributed by atoms with van der Waals surface area (Å²) >= 11 is 0. The van der Waals surface area contributed by atoms with E-state index in [4.69, 9.17) is 4.74 Å². The fourth-order valence-corrected chi connectivity index (χ4v) is 1.59. The SMILES string of the molecule is C[C@@H](O)[C@H]1CC(=O)OC1(C)C. The van der Waals surface area contributed by atoms with Crippen LogP contribution in [-0.2, 0) is 9.53 Å². The van der Waals surface area contributed by atoms with Gasteiger partial charge in [-0.25, -0.2) is 0 Å². The summed E-state index contributed by atoms with van der Waals surface area (Å²) in [6.45, 7) is 5.35. The van der Waals surface area contributed by atoms with Crippen LogP contribution in [0.25, 0.3) is 0 Å². The third-order valence-corrected chi connectivity index (χ3v) is 2.24. The van der Waals surface area contributed by atoms with Crippen LogP contribution in [0.4, 0.5) is 0 Å². The van der Waals surface area contributed by atoms with Gasteiger partial charge < -0.3 is 9.84 Å². The molecule has 0 spiro atoms. The highest BCUT2D eigenvalue weighted by molar-refractivity contribution is 5.72. The number of hydrogen-bond donors (Lipinski definition) is 1. The van der Waals surface area contributed by atoms with Gasteiger partial charge in [0, 0.05) is 5.92 Å². The predicted octanol–water partition coefficient (Wildman–Crippen LogP) is 0.709. The Labute approximate surface area is 66.4 Å². The highest BCUT2D eigenvalue weighted by atomic mass is 16.6. The van der Waals surface area contributed by atoms with Crippen molar-refractivity contribution in [3.8, 4) is 0 Å². The van der Waals surface area contributed by atoms with Crippen molar-refractivity contribution in [3.63, 3.8) is 0 Å². The maximum Gasteiger partial charge on any atom is 0.306 e. The molecule has 1 N–H and O–H groups in total. The minimum atomic E-state index is -0.495. The molecular formula is C8H14O3. The molecule has 0 amide bonds. The molecule has 11 heavy (non-hydrogen) atoms. The molecule has 0 aliphatic carbocycles. The van der Waals surface area contributed by atoms with Crippen molar-refractivity contribution in [3.05, 3.63) is 0 Å². The van der Waals surface area contributed by atoms with Crippen LogP contribution >= 0.6 is 0 Å². The number of esters is 1. The smallest absolute Gasteiger partial charge is 0.306 e. The Kier molecular flexibility index (Phi) is 1.92. The molecule has 0 aromatic rings. The molecular weight excluding hydrogens is 144 g/mol. The standard InChI is InChI=1S/C8H14O3/c1-5(9)6-4-7(10)11-8(6,2)3/h5-6,9H,4H2,1-3H3/t5-,6-/m1/s1. The quantitative estimate of drug-likeness (QED) is 0.572. The summed E-state index contributed by atoms with van der Waals surface area (Å²) in [5.41, 5.74) is -0.495. The Bertz CT molecular complexity index is 172. The van der Waals surface area contributed by atoms with E-state index < -0.39 is 11.7 Å². The minimum absolute atomic E-state index is 0.0602. The first-order valence-corrected chi connectivity index (χ1v) is 3.83. The summed E-state index contributed by atoms with van der Waals surface area (Å²) in [5, 5.41) is 9.27. The number of aliphatic hydroxyl groups is 1. The number of carbonyl (C=O) groups is 1. The minimum Gasteiger partial charge on any atom is -0.459 e. The van der Waals surface area contributed by atoms with E-state index in [0.29, 0.717) is 6.42 Å². The van der Waals surface area contributed by atoms with Crippen molar-refractivity contribution in [2.24, 2.45) is 5.92 Å². The highest BCUT2D eigenvalue weighted by Crippen LogP contribution is 2.34. The van der Waals surface area contributed by atoms with Gasteiger partial charge in [0.1, 0.15) is 5.60 Å². The molecule has 1 rings (SSSR count). The van der Waals surface area contributed by atoms with Crippen molar-refractivity contribution in [1.82, 2.24) is 0 Å². The Morgan fingerprint density at radius 1 is 1.73 bits per heavy atom. The molecule has 1 saturated heterocycles. The molecule has 64 valence electrons. The predicted molar refractivity (Wildman–Crippen MR) is 40.0 cm³/mol. The van der Waals surface area contributed by atoms with Crippen molar-refractivity contribution in [1.29, 1.82) is 0 Å². The van der Waals surface area contributed by atoms with E-state index in [-0.39, 0.29) is 11.9 Å². The van der Waals surface area contributed by atoms with Gasteiger partial charge in [-0.15, -0.1) is 0 Å². The molecule has 3 heteroatoms. The zero-order valence-electron chi connectivity index (χ0n) is 7.13. The third-order valence-electron chi connectivity index (χ3n) is 2.24. The third kappa shape index (κ3) is 1.53. The Hall–Kier alpha value is -0.570. The zero-order chi connectivity index (χ0) is 8.65. The van der Waals surface area contributed by atoms with E-state index in [2.05, 4.69) is 0 Å². The largest absolute Gasteiger partial charge is 0.459 e. The molecule has 1 aliphatic rings. The van der Waals surface area contributed by atoms with E-state index in [1.807, 2.05) is 13.8 Å². The Morgan fingerprint density at radius 2 is 2.27 bits per heavy atom. The maximum absolute atomic E-state index is 10.8. The van der Waals surface area contributed by atoms with Crippen LogP contribution in [0.1, 0.15) is 27.2 Å². The second kappa shape index (κ2) is 2.48. The van der Waals surface area contributed by atoms with Crippen molar-refractivity contribution in [2.45, 2.75) is 38.9 Å². The molecule has 0 unspecified atom stereocenters. The fraction of sp³-hybridized carbons (Fsp3) is 0.875. The van der Waals surface area contributed by atoms with Gasteiger partial charge in [-0.1, -0.05) is 0 Å². The van der Waals surface area contributed by atoms with E-state index >= 15 is 0 Å². The van der Waals surface area contributed by atoms with E-state index in [0.717, 1.165) is 0 Å². The Morgan fingerprint density at radius 3 is 2.45 bits per heavy atom. The van der Waals surface area contributed by atoms with Crippen molar-refractivity contribution < 1.29 is 14.6 Å². The number of aliphatic hydroxyl groups excluding tert-OH is 1. The van der Waals surface area contributed by atoms with Gasteiger partial charge in [0.05, 0.1) is 12.5 Å². The molecule has 3 nitrogen and oxygen atoms in total. The van der Waals surface area contributed by atoms with Crippen LogP contribution < -0.4 is 0 Å². The fourth-order valence-electron chi connectivity index (χ4n) is 1.59. The van der Waals surface area contributed by atoms with Crippen LogP contribution in [0.3, 0.4) is 0 Å². The first-order chi connectivity index (χ1) is 4.93. The van der Waals surface area contributed by atoms with E-state index in [1.54, 1.807) is 6.92 Å². The molecule has 0 bridgehead atoms. The van der Waals surface area contributed by atoms with Gasteiger partial charge >= 0.3 is 5.97 Å². The summed E-state index contributed by atoms with van der Waals surface area (Å²) < 4.78 is 5.02. The highest BCUT2D eigenvalue weighted by Gasteiger charge is 2.43. The van der Waals surface area contributed by atoms with Crippen LogP contribution in [0.2, 0.25) is 0 Å². The lowest BCUT2D eigenvalue weighted by molar-refractivity contribution is -0.147. The number of rotatable bonds is 1. The first-order valence-electron chi connectivity index (χ1n) is 3.83. The van der Waals surface area contributed by atoms with Gasteiger partial charge in [0.15, 0.2) is 0 Å². The van der Waals surface area contributed by atoms with Gasteiger partial charge in [-0.2, -0.15) is 0 Å². The molecule has 0 aromatic carbocycles. The summed E-state index contributed by atoms with van der Waals surface area (Å²) in [6, 6.07) is 0. The van der Waals surface area contributed by atoms with E-state index in [1.165, 1.54) is 0 Å².